The van der Waals surface area contributed by atoms with Crippen molar-refractivity contribution in [3.8, 4) is 11.1 Å². The predicted octanol–water partition coefficient (Wildman–Crippen LogP) is 3.61. The van der Waals surface area contributed by atoms with Gasteiger partial charge in [-0.1, -0.05) is 41.9 Å². The van der Waals surface area contributed by atoms with E-state index in [1.165, 1.54) is 0 Å². The monoisotopic (exact) mass is 381 g/mol. The first-order chi connectivity index (χ1) is 13.0. The van der Waals surface area contributed by atoms with E-state index in [9.17, 15) is 4.79 Å². The van der Waals surface area contributed by atoms with E-state index < -0.39 is 0 Å². The summed E-state index contributed by atoms with van der Waals surface area (Å²) in [7, 11) is 3.99. The first kappa shape index (κ1) is 18.2. The van der Waals surface area contributed by atoms with Gasteiger partial charge in [0, 0.05) is 61.3 Å². The molecule has 0 atom stereocenters. The third kappa shape index (κ3) is 3.53. The number of nitrogens with zero attached hydrogens (tertiary/aromatic N) is 3. The largest absolute Gasteiger partial charge is 0.311 e. The van der Waals surface area contributed by atoms with Gasteiger partial charge in [-0.2, -0.15) is 0 Å². The molecule has 0 N–H and O–H groups in total. The lowest BCUT2D eigenvalue weighted by atomic mass is 9.95. The lowest BCUT2D eigenvalue weighted by molar-refractivity contribution is 0.148. The molecule has 0 unspecified atom stereocenters. The molecule has 1 saturated heterocycles. The fourth-order valence-electron chi connectivity index (χ4n) is 3.89. The molecule has 27 heavy (non-hydrogen) atoms. The highest BCUT2D eigenvalue weighted by atomic mass is 35.5. The fourth-order valence-corrected chi connectivity index (χ4v) is 4.07. The molecule has 0 spiro atoms. The fraction of sp³-hybridized carbons (Fsp3) is 0.318. The Balaban J connectivity index is 1.93. The highest BCUT2D eigenvalue weighted by Crippen LogP contribution is 2.32. The highest BCUT2D eigenvalue weighted by Gasteiger charge is 2.21. The summed E-state index contributed by atoms with van der Waals surface area (Å²) in [4.78, 5) is 18.0. The van der Waals surface area contributed by atoms with Gasteiger partial charge < -0.3 is 9.47 Å². The Morgan fingerprint density at radius 1 is 0.963 bits per heavy atom. The van der Waals surface area contributed by atoms with Gasteiger partial charge in [-0.05, 0) is 30.8 Å². The molecule has 0 radical (unpaired) electrons. The maximum Gasteiger partial charge on any atom is 0.255 e. The average molecular weight is 382 g/mol. The first-order valence-corrected chi connectivity index (χ1v) is 9.70. The predicted molar refractivity (Wildman–Crippen MR) is 112 cm³/mol. The van der Waals surface area contributed by atoms with E-state index in [4.69, 9.17) is 11.6 Å². The molecule has 0 bridgehead atoms. The van der Waals surface area contributed by atoms with Crippen molar-refractivity contribution in [2.24, 2.45) is 7.05 Å². The third-order valence-electron chi connectivity index (χ3n) is 5.49. The van der Waals surface area contributed by atoms with Crippen LogP contribution in [0.5, 0.6) is 0 Å². The second kappa shape index (κ2) is 7.47. The molecule has 4 nitrogen and oxygen atoms in total. The molecule has 140 valence electrons. The van der Waals surface area contributed by atoms with E-state index in [-0.39, 0.29) is 5.56 Å². The molecule has 0 aliphatic carbocycles. The zero-order chi connectivity index (χ0) is 19.0. The molecule has 1 aliphatic heterocycles. The van der Waals surface area contributed by atoms with Gasteiger partial charge in [-0.25, -0.2) is 0 Å². The van der Waals surface area contributed by atoms with Crippen LogP contribution in [0, 0.1) is 0 Å². The smallest absolute Gasteiger partial charge is 0.255 e. The van der Waals surface area contributed by atoms with Gasteiger partial charge in [0.05, 0.1) is 5.52 Å². The molecular weight excluding hydrogens is 358 g/mol. The van der Waals surface area contributed by atoms with Crippen LogP contribution in [-0.4, -0.2) is 47.6 Å². The van der Waals surface area contributed by atoms with E-state index in [1.54, 1.807) is 4.57 Å². The van der Waals surface area contributed by atoms with Gasteiger partial charge in [-0.15, -0.1) is 0 Å². The standard InChI is InChI=1S/C22H24ClN3O/c1-24-10-12-26(13-11-24)15-19-21(16-6-4-3-5-7-16)18-14-17(23)8-9-20(18)25(2)22(19)27/h3-9,14H,10-13,15H2,1-2H3. The third-order valence-corrected chi connectivity index (χ3v) is 5.73. The van der Waals surface area contributed by atoms with Crippen molar-refractivity contribution in [3.05, 3.63) is 69.5 Å². The summed E-state index contributed by atoms with van der Waals surface area (Å²) in [5, 5.41) is 1.71. The van der Waals surface area contributed by atoms with Gasteiger partial charge in [0.15, 0.2) is 0 Å². The molecular formula is C22H24ClN3O. The number of benzene rings is 2. The van der Waals surface area contributed by atoms with Crippen LogP contribution in [0.15, 0.2) is 53.3 Å². The number of halogens is 1. The Labute approximate surface area is 164 Å². The van der Waals surface area contributed by atoms with Crippen molar-refractivity contribution in [1.29, 1.82) is 0 Å². The maximum absolute atomic E-state index is 13.3. The quantitative estimate of drug-likeness (QED) is 0.694. The van der Waals surface area contributed by atoms with Crippen LogP contribution in [0.25, 0.3) is 22.0 Å². The number of pyridine rings is 1. The Bertz CT molecular complexity index is 1020. The minimum absolute atomic E-state index is 0.0719. The number of hydrogen-bond donors (Lipinski definition) is 0. The van der Waals surface area contributed by atoms with Crippen LogP contribution in [0.2, 0.25) is 5.02 Å². The van der Waals surface area contributed by atoms with E-state index in [0.717, 1.165) is 53.8 Å². The van der Waals surface area contributed by atoms with Crippen LogP contribution >= 0.6 is 11.6 Å². The summed E-state index contributed by atoms with van der Waals surface area (Å²) in [6, 6.07) is 15.9. The lowest BCUT2D eigenvalue weighted by Crippen LogP contribution is -2.44. The Kier molecular flexibility index (Phi) is 5.04. The van der Waals surface area contributed by atoms with Crippen molar-refractivity contribution >= 4 is 22.5 Å². The number of rotatable bonds is 3. The van der Waals surface area contributed by atoms with Gasteiger partial charge in [0.2, 0.25) is 0 Å². The Morgan fingerprint density at radius 2 is 1.67 bits per heavy atom. The minimum atomic E-state index is 0.0719. The molecule has 1 aromatic heterocycles. The van der Waals surface area contributed by atoms with E-state index >= 15 is 0 Å². The second-order valence-electron chi connectivity index (χ2n) is 7.32. The van der Waals surface area contributed by atoms with Gasteiger partial charge >= 0.3 is 0 Å². The van der Waals surface area contributed by atoms with Gasteiger partial charge in [-0.3, -0.25) is 9.69 Å². The zero-order valence-corrected chi connectivity index (χ0v) is 16.5. The summed E-state index contributed by atoms with van der Waals surface area (Å²) < 4.78 is 1.75. The minimum Gasteiger partial charge on any atom is -0.311 e. The maximum atomic E-state index is 13.3. The topological polar surface area (TPSA) is 28.5 Å². The van der Waals surface area contributed by atoms with Crippen LogP contribution in [0.1, 0.15) is 5.56 Å². The van der Waals surface area contributed by atoms with Crippen LogP contribution in [0.4, 0.5) is 0 Å². The first-order valence-electron chi connectivity index (χ1n) is 9.32. The van der Waals surface area contributed by atoms with Crippen LogP contribution in [0.3, 0.4) is 0 Å². The van der Waals surface area contributed by atoms with Crippen LogP contribution < -0.4 is 5.56 Å². The van der Waals surface area contributed by atoms with E-state index in [0.29, 0.717) is 11.6 Å². The number of likely N-dealkylation sites (N-methyl/N-ethyl adjacent to an activating group) is 1. The van der Waals surface area contributed by atoms with Crippen molar-refractivity contribution < 1.29 is 0 Å². The van der Waals surface area contributed by atoms with Crippen molar-refractivity contribution in [2.45, 2.75) is 6.54 Å². The molecule has 0 amide bonds. The Morgan fingerprint density at radius 3 is 2.37 bits per heavy atom. The normalized spacial score (nSPS) is 16.1. The molecule has 1 fully saturated rings. The van der Waals surface area contributed by atoms with Gasteiger partial charge in [0.25, 0.3) is 5.56 Å². The molecule has 0 saturated carbocycles. The summed E-state index contributed by atoms with van der Waals surface area (Å²) in [6.07, 6.45) is 0. The molecule has 3 aromatic rings. The molecule has 5 heteroatoms. The summed E-state index contributed by atoms with van der Waals surface area (Å²) in [6.45, 7) is 4.66. The molecule has 2 aromatic carbocycles. The molecule has 4 rings (SSSR count). The van der Waals surface area contributed by atoms with Gasteiger partial charge in [0.1, 0.15) is 0 Å². The average Bonchev–Trinajstić information content (AvgIpc) is 2.68. The van der Waals surface area contributed by atoms with Crippen molar-refractivity contribution in [3.63, 3.8) is 0 Å². The summed E-state index contributed by atoms with van der Waals surface area (Å²) in [5.74, 6) is 0. The van der Waals surface area contributed by atoms with Crippen LogP contribution in [-0.2, 0) is 13.6 Å². The lowest BCUT2D eigenvalue weighted by Gasteiger charge is -2.32. The van der Waals surface area contributed by atoms with E-state index in [1.807, 2.05) is 43.4 Å². The summed E-state index contributed by atoms with van der Waals surface area (Å²) >= 11 is 6.33. The van der Waals surface area contributed by atoms with Crippen molar-refractivity contribution in [2.75, 3.05) is 33.2 Å². The van der Waals surface area contributed by atoms with Crippen molar-refractivity contribution in [1.82, 2.24) is 14.4 Å². The second-order valence-corrected chi connectivity index (χ2v) is 7.76. The number of fused-ring (bicyclic) bond motifs is 1. The van der Waals surface area contributed by atoms with E-state index in [2.05, 4.69) is 29.0 Å². The molecule has 2 heterocycles. The highest BCUT2D eigenvalue weighted by molar-refractivity contribution is 6.31. The number of hydrogen-bond acceptors (Lipinski definition) is 3. The SMILES string of the molecule is CN1CCN(Cc2c(-c3ccccc3)c3cc(Cl)ccc3n(C)c2=O)CC1. The molecule has 1 aliphatic rings. The number of piperazine rings is 1. The Hall–Kier alpha value is -2.14. The zero-order valence-electron chi connectivity index (χ0n) is 15.8. The number of aryl methyl sites for hydroxylation is 1. The number of aromatic nitrogens is 1. The summed E-state index contributed by atoms with van der Waals surface area (Å²) in [5.41, 5.74) is 3.90.